The van der Waals surface area contributed by atoms with Crippen molar-refractivity contribution >= 4 is 28.5 Å². The molecule has 7 heteroatoms. The van der Waals surface area contributed by atoms with Crippen molar-refractivity contribution in [2.45, 2.75) is 20.4 Å². The molecule has 0 saturated heterocycles. The zero-order chi connectivity index (χ0) is 20.4. The normalized spacial score (nSPS) is 10.8. The number of ether oxygens (including phenoxy) is 2. The van der Waals surface area contributed by atoms with Gasteiger partial charge in [-0.3, -0.25) is 4.79 Å². The number of nitrogens with one attached hydrogen (secondary N) is 1. The number of halogens is 1. The smallest absolute Gasteiger partial charge is 0.336 e. The van der Waals surface area contributed by atoms with Crippen molar-refractivity contribution in [3.63, 3.8) is 0 Å². The van der Waals surface area contributed by atoms with Crippen LogP contribution in [0.4, 0.5) is 0 Å². The molecule has 0 aliphatic rings. The number of carbonyl (C=O) groups is 1. The Hall–Kier alpha value is -2.99. The van der Waals surface area contributed by atoms with Gasteiger partial charge >= 0.3 is 5.63 Å². The van der Waals surface area contributed by atoms with Crippen LogP contribution in [-0.2, 0) is 6.54 Å². The SMILES string of the molecule is COc1cccc(OC)c1C(=O)NCc1cc(=O)oc2cc(C)c(Cl)c(C)c12. The molecule has 2 aromatic carbocycles. The van der Waals surface area contributed by atoms with E-state index in [1.54, 1.807) is 24.3 Å². The van der Waals surface area contributed by atoms with Crippen molar-refractivity contribution < 1.29 is 18.7 Å². The van der Waals surface area contributed by atoms with Gasteiger partial charge in [-0.05, 0) is 48.7 Å². The predicted molar refractivity (Wildman–Crippen MR) is 108 cm³/mol. The van der Waals surface area contributed by atoms with Gasteiger partial charge in [0.1, 0.15) is 22.6 Å². The Bertz CT molecular complexity index is 1100. The lowest BCUT2D eigenvalue weighted by Crippen LogP contribution is -2.24. The van der Waals surface area contributed by atoms with Gasteiger partial charge in [-0.25, -0.2) is 4.79 Å². The molecule has 0 bridgehead atoms. The number of benzene rings is 2. The van der Waals surface area contributed by atoms with Crippen LogP contribution < -0.4 is 20.4 Å². The van der Waals surface area contributed by atoms with Gasteiger partial charge in [-0.2, -0.15) is 0 Å². The third-order valence-electron chi connectivity index (χ3n) is 4.56. The minimum atomic E-state index is -0.493. The minimum Gasteiger partial charge on any atom is -0.496 e. The Morgan fingerprint density at radius 3 is 2.39 bits per heavy atom. The molecule has 146 valence electrons. The zero-order valence-electron chi connectivity index (χ0n) is 16.0. The second-order valence-corrected chi connectivity index (χ2v) is 6.69. The van der Waals surface area contributed by atoms with Crippen LogP contribution in [-0.4, -0.2) is 20.1 Å². The molecule has 0 spiro atoms. The maximum Gasteiger partial charge on any atom is 0.336 e. The van der Waals surface area contributed by atoms with Gasteiger partial charge in [0.05, 0.1) is 14.2 Å². The van der Waals surface area contributed by atoms with Crippen molar-refractivity contribution in [2.75, 3.05) is 14.2 Å². The molecule has 1 heterocycles. The number of rotatable bonds is 5. The van der Waals surface area contributed by atoms with Crippen molar-refractivity contribution in [3.05, 3.63) is 68.0 Å². The highest BCUT2D eigenvalue weighted by Gasteiger charge is 2.19. The van der Waals surface area contributed by atoms with Crippen LogP contribution in [0.25, 0.3) is 11.0 Å². The average molecular weight is 402 g/mol. The summed E-state index contributed by atoms with van der Waals surface area (Å²) >= 11 is 6.37. The van der Waals surface area contributed by atoms with E-state index in [2.05, 4.69) is 5.32 Å². The number of hydrogen-bond donors (Lipinski definition) is 1. The summed E-state index contributed by atoms with van der Waals surface area (Å²) in [4.78, 5) is 24.8. The first-order valence-corrected chi connectivity index (χ1v) is 8.96. The van der Waals surface area contributed by atoms with Crippen LogP contribution in [0.1, 0.15) is 27.0 Å². The van der Waals surface area contributed by atoms with E-state index < -0.39 is 5.63 Å². The molecule has 6 nitrogen and oxygen atoms in total. The molecule has 0 saturated carbocycles. The van der Waals surface area contributed by atoms with E-state index in [4.69, 9.17) is 25.5 Å². The van der Waals surface area contributed by atoms with Crippen LogP contribution in [0.2, 0.25) is 5.02 Å². The standard InChI is InChI=1S/C21H20ClNO5/c1-11-8-16-18(12(2)20(11)22)13(9-17(24)28-16)10-23-21(25)19-14(26-3)6-5-7-15(19)27-4/h5-9H,10H2,1-4H3,(H,23,25). The number of methoxy groups -OCH3 is 2. The monoisotopic (exact) mass is 401 g/mol. The predicted octanol–water partition coefficient (Wildman–Crippen LogP) is 4.01. The molecular formula is C21H20ClNO5. The molecule has 1 aromatic heterocycles. The topological polar surface area (TPSA) is 77.8 Å². The van der Waals surface area contributed by atoms with Gasteiger partial charge < -0.3 is 19.2 Å². The van der Waals surface area contributed by atoms with Gasteiger partial charge in [0, 0.05) is 23.0 Å². The lowest BCUT2D eigenvalue weighted by molar-refractivity contribution is 0.0944. The maximum absolute atomic E-state index is 12.8. The summed E-state index contributed by atoms with van der Waals surface area (Å²) in [6, 6.07) is 8.17. The first-order valence-electron chi connectivity index (χ1n) is 8.59. The van der Waals surface area contributed by atoms with Gasteiger partial charge in [0.2, 0.25) is 0 Å². The lowest BCUT2D eigenvalue weighted by atomic mass is 10.0. The number of aryl methyl sites for hydroxylation is 2. The first kappa shape index (κ1) is 19.8. The quantitative estimate of drug-likeness (QED) is 0.653. The van der Waals surface area contributed by atoms with Crippen molar-refractivity contribution in [1.82, 2.24) is 5.32 Å². The molecule has 3 aromatic rings. The van der Waals surface area contributed by atoms with Crippen LogP contribution in [0.5, 0.6) is 11.5 Å². The third kappa shape index (κ3) is 3.55. The zero-order valence-corrected chi connectivity index (χ0v) is 16.8. The molecule has 0 atom stereocenters. The van der Waals surface area contributed by atoms with E-state index in [1.807, 2.05) is 13.8 Å². The third-order valence-corrected chi connectivity index (χ3v) is 5.14. The van der Waals surface area contributed by atoms with Crippen LogP contribution in [0.15, 0.2) is 39.5 Å². The maximum atomic E-state index is 12.8. The largest absolute Gasteiger partial charge is 0.496 e. The van der Waals surface area contributed by atoms with Gasteiger partial charge in [-0.1, -0.05) is 17.7 Å². The molecule has 0 aliphatic heterocycles. The Kier molecular flexibility index (Phi) is 5.61. The summed E-state index contributed by atoms with van der Waals surface area (Å²) in [5.41, 5.74) is 2.45. The van der Waals surface area contributed by atoms with Crippen LogP contribution >= 0.6 is 11.6 Å². The number of fused-ring (bicyclic) bond motifs is 1. The fraction of sp³-hybridized carbons (Fsp3) is 0.238. The molecule has 1 amide bonds. The van der Waals surface area contributed by atoms with E-state index in [0.29, 0.717) is 33.1 Å². The van der Waals surface area contributed by atoms with Crippen LogP contribution in [0.3, 0.4) is 0 Å². The van der Waals surface area contributed by atoms with Crippen LogP contribution in [0, 0.1) is 13.8 Å². The van der Waals surface area contributed by atoms with E-state index >= 15 is 0 Å². The van der Waals surface area contributed by atoms with Gasteiger partial charge in [0.15, 0.2) is 0 Å². The molecule has 0 unspecified atom stereocenters. The molecule has 0 fully saturated rings. The second-order valence-electron chi connectivity index (χ2n) is 6.32. The Morgan fingerprint density at radius 2 is 1.79 bits per heavy atom. The number of amides is 1. The van der Waals surface area contributed by atoms with Gasteiger partial charge in [-0.15, -0.1) is 0 Å². The van der Waals surface area contributed by atoms with Crippen molar-refractivity contribution in [1.29, 1.82) is 0 Å². The second kappa shape index (κ2) is 7.94. The summed E-state index contributed by atoms with van der Waals surface area (Å²) in [5.74, 6) is 0.403. The van der Waals surface area contributed by atoms with E-state index in [9.17, 15) is 9.59 Å². The fourth-order valence-corrected chi connectivity index (χ4v) is 3.38. The van der Waals surface area contributed by atoms with Crippen molar-refractivity contribution in [3.8, 4) is 11.5 Å². The average Bonchev–Trinajstić information content (AvgIpc) is 2.68. The molecule has 0 aliphatic carbocycles. The Morgan fingerprint density at radius 1 is 1.14 bits per heavy atom. The summed E-state index contributed by atoms with van der Waals surface area (Å²) in [6.07, 6.45) is 0. The summed E-state index contributed by atoms with van der Waals surface area (Å²) < 4.78 is 15.9. The molecule has 1 N–H and O–H groups in total. The number of hydrogen-bond acceptors (Lipinski definition) is 5. The van der Waals surface area contributed by atoms with E-state index in [0.717, 1.165) is 11.1 Å². The first-order chi connectivity index (χ1) is 13.4. The number of carbonyl (C=O) groups excluding carboxylic acids is 1. The molecule has 28 heavy (non-hydrogen) atoms. The van der Waals surface area contributed by atoms with Crippen molar-refractivity contribution in [2.24, 2.45) is 0 Å². The highest BCUT2D eigenvalue weighted by molar-refractivity contribution is 6.33. The van der Waals surface area contributed by atoms with E-state index in [1.165, 1.54) is 20.3 Å². The minimum absolute atomic E-state index is 0.113. The van der Waals surface area contributed by atoms with E-state index in [-0.39, 0.29) is 18.0 Å². The summed E-state index contributed by atoms with van der Waals surface area (Å²) in [5, 5.41) is 4.13. The lowest BCUT2D eigenvalue weighted by Gasteiger charge is -2.14. The Labute approximate surface area is 167 Å². The fourth-order valence-electron chi connectivity index (χ4n) is 3.23. The summed E-state index contributed by atoms with van der Waals surface area (Å²) in [7, 11) is 2.96. The molecule has 0 radical (unpaired) electrons. The Balaban J connectivity index is 2.00. The molecule has 3 rings (SSSR count). The molecular weight excluding hydrogens is 382 g/mol. The highest BCUT2D eigenvalue weighted by Crippen LogP contribution is 2.31. The van der Waals surface area contributed by atoms with Gasteiger partial charge in [0.25, 0.3) is 5.91 Å². The summed E-state index contributed by atoms with van der Waals surface area (Å²) in [6.45, 7) is 3.81. The highest BCUT2D eigenvalue weighted by atomic mass is 35.5.